The third-order valence-electron chi connectivity index (χ3n) is 3.90. The Morgan fingerprint density at radius 3 is 2.54 bits per heavy atom. The molecular formula is C17H18N2O4S. The van der Waals surface area contributed by atoms with Crippen LogP contribution in [0, 0.1) is 0 Å². The van der Waals surface area contributed by atoms with Gasteiger partial charge in [-0.3, -0.25) is 4.57 Å². The van der Waals surface area contributed by atoms with E-state index in [1.807, 2.05) is 37.3 Å². The van der Waals surface area contributed by atoms with Crippen LogP contribution in [0.3, 0.4) is 0 Å². The lowest BCUT2D eigenvalue weighted by Gasteiger charge is -2.14. The summed E-state index contributed by atoms with van der Waals surface area (Å²) in [4.78, 5) is 11.8. The number of fused-ring (bicyclic) bond motifs is 1. The molecule has 0 radical (unpaired) electrons. The van der Waals surface area contributed by atoms with Gasteiger partial charge in [0.2, 0.25) is 10.0 Å². The van der Waals surface area contributed by atoms with Gasteiger partial charge in [-0.1, -0.05) is 30.3 Å². The van der Waals surface area contributed by atoms with Gasteiger partial charge in [-0.05, 0) is 31.5 Å². The van der Waals surface area contributed by atoms with Gasteiger partial charge in [0.15, 0.2) is 5.58 Å². The molecule has 0 aliphatic rings. The van der Waals surface area contributed by atoms with Crippen molar-refractivity contribution in [2.24, 2.45) is 0 Å². The van der Waals surface area contributed by atoms with Crippen LogP contribution in [-0.4, -0.2) is 13.0 Å². The quantitative estimate of drug-likeness (QED) is 0.770. The lowest BCUT2D eigenvalue weighted by Crippen LogP contribution is -2.26. The van der Waals surface area contributed by atoms with Crippen LogP contribution in [0.15, 0.2) is 62.6 Å². The van der Waals surface area contributed by atoms with E-state index in [1.165, 1.54) is 16.7 Å². The lowest BCUT2D eigenvalue weighted by molar-refractivity contribution is 0.512. The molecule has 24 heavy (non-hydrogen) atoms. The molecule has 0 saturated heterocycles. The zero-order valence-electron chi connectivity index (χ0n) is 13.4. The Bertz CT molecular complexity index is 1020. The summed E-state index contributed by atoms with van der Waals surface area (Å²) in [5, 5.41) is 0. The van der Waals surface area contributed by atoms with Crippen LogP contribution in [0.1, 0.15) is 25.5 Å². The Hall–Kier alpha value is -2.38. The van der Waals surface area contributed by atoms with Gasteiger partial charge in [-0.15, -0.1) is 0 Å². The van der Waals surface area contributed by atoms with E-state index in [4.69, 9.17) is 4.42 Å². The molecule has 0 amide bonds. The highest BCUT2D eigenvalue weighted by molar-refractivity contribution is 7.89. The molecule has 1 N–H and O–H groups in total. The normalized spacial score (nSPS) is 13.2. The van der Waals surface area contributed by atoms with Gasteiger partial charge in [0.25, 0.3) is 0 Å². The van der Waals surface area contributed by atoms with Crippen molar-refractivity contribution in [2.45, 2.75) is 31.3 Å². The van der Waals surface area contributed by atoms with Gasteiger partial charge >= 0.3 is 5.76 Å². The maximum atomic E-state index is 12.6. The summed E-state index contributed by atoms with van der Waals surface area (Å²) in [7, 11) is -3.73. The summed E-state index contributed by atoms with van der Waals surface area (Å²) in [5.41, 5.74) is 1.71. The van der Waals surface area contributed by atoms with Crippen molar-refractivity contribution in [1.82, 2.24) is 9.29 Å². The number of nitrogens with one attached hydrogen (secondary N) is 1. The largest absolute Gasteiger partial charge is 0.419 e. The van der Waals surface area contributed by atoms with E-state index in [0.29, 0.717) is 12.1 Å². The van der Waals surface area contributed by atoms with Crippen molar-refractivity contribution < 1.29 is 12.8 Å². The first-order valence-corrected chi connectivity index (χ1v) is 9.11. The van der Waals surface area contributed by atoms with Gasteiger partial charge in [-0.2, -0.15) is 0 Å². The Morgan fingerprint density at radius 2 is 1.88 bits per heavy atom. The van der Waals surface area contributed by atoms with E-state index in [9.17, 15) is 13.2 Å². The first-order chi connectivity index (χ1) is 11.4. The number of sulfonamides is 1. The SMILES string of the molecule is CCn1c(=O)oc2cc(S(=O)(=O)NC(C)c3ccccc3)ccc21. The van der Waals surface area contributed by atoms with Gasteiger partial charge in [-0.25, -0.2) is 17.9 Å². The lowest BCUT2D eigenvalue weighted by atomic mass is 10.1. The number of hydrogen-bond acceptors (Lipinski definition) is 4. The van der Waals surface area contributed by atoms with Crippen molar-refractivity contribution in [3.63, 3.8) is 0 Å². The van der Waals surface area contributed by atoms with Gasteiger partial charge < -0.3 is 4.42 Å². The fourth-order valence-electron chi connectivity index (χ4n) is 2.62. The summed E-state index contributed by atoms with van der Waals surface area (Å²) in [6.45, 7) is 4.06. The van der Waals surface area contributed by atoms with E-state index < -0.39 is 15.8 Å². The molecule has 0 saturated carbocycles. The number of aryl methyl sites for hydroxylation is 1. The van der Waals surface area contributed by atoms with Crippen LogP contribution >= 0.6 is 0 Å². The molecule has 3 rings (SSSR count). The van der Waals surface area contributed by atoms with Crippen LogP contribution in [0.2, 0.25) is 0 Å². The molecule has 1 heterocycles. The highest BCUT2D eigenvalue weighted by Crippen LogP contribution is 2.21. The van der Waals surface area contributed by atoms with Gasteiger partial charge in [0, 0.05) is 18.7 Å². The molecule has 0 fully saturated rings. The molecule has 6 nitrogen and oxygen atoms in total. The van der Waals surface area contributed by atoms with E-state index >= 15 is 0 Å². The zero-order valence-corrected chi connectivity index (χ0v) is 14.2. The third-order valence-corrected chi connectivity index (χ3v) is 5.44. The van der Waals surface area contributed by atoms with E-state index in [-0.39, 0.29) is 16.5 Å². The van der Waals surface area contributed by atoms with Gasteiger partial charge in [0.1, 0.15) is 0 Å². The summed E-state index contributed by atoms with van der Waals surface area (Å²) in [6.07, 6.45) is 0. The first-order valence-electron chi connectivity index (χ1n) is 7.63. The molecule has 0 spiro atoms. The predicted octanol–water partition coefficient (Wildman–Crippen LogP) is 2.65. The second kappa shape index (κ2) is 6.26. The van der Waals surface area contributed by atoms with Crippen molar-refractivity contribution in [3.8, 4) is 0 Å². The fraction of sp³-hybridized carbons (Fsp3) is 0.235. The van der Waals surface area contributed by atoms with Crippen molar-refractivity contribution >= 4 is 21.1 Å². The van der Waals surface area contributed by atoms with Crippen LogP contribution in [0.4, 0.5) is 0 Å². The fourth-order valence-corrected chi connectivity index (χ4v) is 3.87. The van der Waals surface area contributed by atoms with E-state index in [2.05, 4.69) is 4.72 Å². The van der Waals surface area contributed by atoms with Crippen LogP contribution < -0.4 is 10.5 Å². The molecule has 0 aliphatic carbocycles. The monoisotopic (exact) mass is 346 g/mol. The molecule has 0 aliphatic heterocycles. The number of rotatable bonds is 5. The minimum Gasteiger partial charge on any atom is -0.408 e. The Labute approximate surface area is 139 Å². The Kier molecular flexibility index (Phi) is 4.29. The molecule has 1 unspecified atom stereocenters. The number of benzene rings is 2. The van der Waals surface area contributed by atoms with E-state index in [1.54, 1.807) is 13.0 Å². The smallest absolute Gasteiger partial charge is 0.408 e. The third kappa shape index (κ3) is 3.00. The summed E-state index contributed by atoms with van der Waals surface area (Å²) >= 11 is 0. The van der Waals surface area contributed by atoms with Crippen molar-refractivity contribution in [3.05, 3.63) is 64.6 Å². The van der Waals surface area contributed by atoms with Crippen LogP contribution in [0.25, 0.3) is 11.1 Å². The van der Waals surface area contributed by atoms with Crippen molar-refractivity contribution in [2.75, 3.05) is 0 Å². The standard InChI is InChI=1S/C17H18N2O4S/c1-3-19-15-10-9-14(11-16(15)23-17(19)20)24(21,22)18-12(2)13-7-5-4-6-8-13/h4-12,18H,3H2,1-2H3. The number of hydrogen-bond donors (Lipinski definition) is 1. The van der Waals surface area contributed by atoms with Crippen molar-refractivity contribution in [1.29, 1.82) is 0 Å². The van der Waals surface area contributed by atoms with E-state index in [0.717, 1.165) is 5.56 Å². The number of nitrogens with zero attached hydrogens (tertiary/aromatic N) is 1. The molecule has 1 atom stereocenters. The molecule has 126 valence electrons. The molecular weight excluding hydrogens is 328 g/mol. The summed E-state index contributed by atoms with van der Waals surface area (Å²) in [6, 6.07) is 13.4. The number of oxazole rings is 1. The average Bonchev–Trinajstić information content (AvgIpc) is 2.89. The minimum absolute atomic E-state index is 0.0646. The number of aromatic nitrogens is 1. The molecule has 1 aromatic heterocycles. The van der Waals surface area contributed by atoms with Gasteiger partial charge in [0.05, 0.1) is 10.4 Å². The zero-order chi connectivity index (χ0) is 17.3. The summed E-state index contributed by atoms with van der Waals surface area (Å²) < 4.78 is 34.4. The van der Waals surface area contributed by atoms with Crippen LogP contribution in [0.5, 0.6) is 0 Å². The molecule has 2 aromatic carbocycles. The molecule has 3 aromatic rings. The Balaban J connectivity index is 1.95. The Morgan fingerprint density at radius 1 is 1.17 bits per heavy atom. The second-order valence-corrected chi connectivity index (χ2v) is 7.21. The second-order valence-electron chi connectivity index (χ2n) is 5.50. The maximum absolute atomic E-state index is 12.6. The first kappa shape index (κ1) is 16.5. The highest BCUT2D eigenvalue weighted by Gasteiger charge is 2.20. The minimum atomic E-state index is -3.73. The topological polar surface area (TPSA) is 81.3 Å². The highest BCUT2D eigenvalue weighted by atomic mass is 32.2. The van der Waals surface area contributed by atoms with Crippen LogP contribution in [-0.2, 0) is 16.6 Å². The molecule has 7 heteroatoms. The summed E-state index contributed by atoms with van der Waals surface area (Å²) in [5.74, 6) is -0.493. The molecule has 0 bridgehead atoms. The maximum Gasteiger partial charge on any atom is 0.419 e. The average molecular weight is 346 g/mol. The predicted molar refractivity (Wildman–Crippen MR) is 91.3 cm³/mol.